The highest BCUT2D eigenvalue weighted by molar-refractivity contribution is 6.25. The van der Waals surface area contributed by atoms with E-state index in [9.17, 15) is 44.7 Å². The molecule has 3 aliphatic rings. The molecule has 0 aliphatic heterocycles. The fraction of sp³-hybridized carbons (Fsp3) is 0.440. The molecule has 0 heterocycles. The highest BCUT2D eigenvalue weighted by Crippen LogP contribution is 2.57. The lowest BCUT2D eigenvalue weighted by Gasteiger charge is -2.53. The van der Waals surface area contributed by atoms with Crippen molar-refractivity contribution in [2.45, 2.75) is 30.6 Å². The van der Waals surface area contributed by atoms with Crippen molar-refractivity contribution in [3.8, 4) is 5.75 Å². The maximum Gasteiger partial charge on any atom is 0.317 e. The van der Waals surface area contributed by atoms with Crippen LogP contribution < -0.4 is 10.6 Å². The number of aromatic hydroxyl groups is 1. The lowest BCUT2D eigenvalue weighted by molar-refractivity contribution is -0.159. The summed E-state index contributed by atoms with van der Waals surface area (Å²) >= 11 is 0. The summed E-state index contributed by atoms with van der Waals surface area (Å²) in [6.45, 7) is 0.478. The van der Waals surface area contributed by atoms with Gasteiger partial charge in [-0.15, -0.1) is 0 Å². The topological polar surface area (TPSA) is 217 Å². The molecule has 4 rings (SSSR count). The third-order valence-electron chi connectivity index (χ3n) is 7.65. The molecular weight excluding hydrogens is 502 g/mol. The number of rotatable bonds is 6. The van der Waals surface area contributed by atoms with Gasteiger partial charge in [-0.05, 0) is 39.1 Å². The molecule has 1 aromatic rings. The highest BCUT2D eigenvalue weighted by atomic mass is 16.4. The zero-order valence-electron chi connectivity index (χ0n) is 20.8. The Morgan fingerprint density at radius 3 is 2.39 bits per heavy atom. The first-order valence-corrected chi connectivity index (χ1v) is 11.8. The first kappa shape index (κ1) is 27.3. The number of Topliss-reactive ketones (excluding diaryl/α,β-unsaturated/α-hetero) is 2. The van der Waals surface area contributed by atoms with Gasteiger partial charge in [-0.1, -0.05) is 12.1 Å². The number of phenols is 1. The standard InChI is InChI=1S/C25H29N3O10/c1-24(37)10-5-4-6-13(29)15(10)19(32)16-11(24)7-12-18(28(2)3)20(33)17(22(35)25(12,38)21(16)34)23(36)27-9-26-8-14(30)31/h4-6,11-12,18,26,29,32,35,37-38H,7-9H2,1-3H3,(H,27,36)(H,30,31). The smallest absolute Gasteiger partial charge is 0.317 e. The van der Waals surface area contributed by atoms with Crippen LogP contribution in [0.4, 0.5) is 0 Å². The highest BCUT2D eigenvalue weighted by Gasteiger charge is 2.66. The second-order valence-electron chi connectivity index (χ2n) is 10.1. The molecule has 204 valence electrons. The molecule has 38 heavy (non-hydrogen) atoms. The molecule has 1 fully saturated rings. The third-order valence-corrected chi connectivity index (χ3v) is 7.65. The Bertz CT molecular complexity index is 1310. The van der Waals surface area contributed by atoms with Crippen LogP contribution in [0.2, 0.25) is 0 Å². The van der Waals surface area contributed by atoms with E-state index in [-0.39, 0.29) is 17.5 Å². The zero-order valence-corrected chi connectivity index (χ0v) is 20.8. The molecular formula is C25H29N3O10. The van der Waals surface area contributed by atoms with Crippen LogP contribution in [0.3, 0.4) is 0 Å². The van der Waals surface area contributed by atoms with Gasteiger partial charge in [-0.3, -0.25) is 29.4 Å². The molecule has 3 aliphatic carbocycles. The summed E-state index contributed by atoms with van der Waals surface area (Å²) in [5, 5.41) is 69.2. The number of aliphatic carboxylic acids is 1. The van der Waals surface area contributed by atoms with E-state index >= 15 is 0 Å². The fourth-order valence-electron chi connectivity index (χ4n) is 5.88. The summed E-state index contributed by atoms with van der Waals surface area (Å²) < 4.78 is 0. The van der Waals surface area contributed by atoms with Crippen LogP contribution in [0.5, 0.6) is 5.75 Å². The number of carboxylic acid groups (broad SMARTS) is 1. The Hall–Kier alpha value is -3.78. The molecule has 8 N–H and O–H groups in total. The van der Waals surface area contributed by atoms with Crippen molar-refractivity contribution in [1.29, 1.82) is 0 Å². The second-order valence-corrected chi connectivity index (χ2v) is 10.1. The van der Waals surface area contributed by atoms with E-state index in [1.807, 2.05) is 0 Å². The van der Waals surface area contributed by atoms with Crippen molar-refractivity contribution in [3.63, 3.8) is 0 Å². The first-order chi connectivity index (χ1) is 17.7. The molecule has 0 saturated heterocycles. The molecule has 5 unspecified atom stereocenters. The van der Waals surface area contributed by atoms with Gasteiger partial charge in [-0.2, -0.15) is 0 Å². The third kappa shape index (κ3) is 3.77. The van der Waals surface area contributed by atoms with E-state index in [4.69, 9.17) is 5.11 Å². The van der Waals surface area contributed by atoms with Crippen LogP contribution in [0, 0.1) is 11.8 Å². The number of nitrogens with one attached hydrogen (secondary N) is 2. The number of likely N-dealkylation sites (N-methyl/N-ethyl adjacent to an activating group) is 1. The van der Waals surface area contributed by atoms with E-state index < -0.39 is 94.2 Å². The number of carbonyl (C=O) groups excluding carboxylic acids is 3. The van der Waals surface area contributed by atoms with Gasteiger partial charge in [0.2, 0.25) is 5.78 Å². The number of nitrogens with zero attached hydrogens (tertiary/aromatic N) is 1. The van der Waals surface area contributed by atoms with Gasteiger partial charge in [-0.25, -0.2) is 0 Å². The number of hydrogen-bond donors (Lipinski definition) is 8. The number of aliphatic hydroxyl groups is 4. The molecule has 1 amide bonds. The van der Waals surface area contributed by atoms with Gasteiger partial charge in [0.25, 0.3) is 5.91 Å². The molecule has 13 nitrogen and oxygen atoms in total. The van der Waals surface area contributed by atoms with Crippen molar-refractivity contribution >= 4 is 29.2 Å². The van der Waals surface area contributed by atoms with Crippen molar-refractivity contribution in [1.82, 2.24) is 15.5 Å². The SMILES string of the molecule is CN(C)C1C(=O)C(C(=O)NCNCC(=O)O)=C(O)C2(O)C(=O)C3=C(O)c4c(O)cccc4C(C)(O)C3CC12. The molecule has 5 atom stereocenters. The van der Waals surface area contributed by atoms with Crippen LogP contribution in [0.15, 0.2) is 35.1 Å². The maximum absolute atomic E-state index is 13.9. The van der Waals surface area contributed by atoms with E-state index in [0.717, 1.165) is 0 Å². The molecule has 1 aromatic carbocycles. The first-order valence-electron chi connectivity index (χ1n) is 11.8. The molecule has 0 spiro atoms. The zero-order chi connectivity index (χ0) is 28.3. The summed E-state index contributed by atoms with van der Waals surface area (Å²) in [5.41, 5.74) is -6.07. The lowest BCUT2D eigenvalue weighted by Crippen LogP contribution is -2.67. The van der Waals surface area contributed by atoms with Crippen molar-refractivity contribution in [3.05, 3.63) is 46.2 Å². The predicted molar refractivity (Wildman–Crippen MR) is 130 cm³/mol. The number of carboxylic acids is 1. The van der Waals surface area contributed by atoms with E-state index in [2.05, 4.69) is 10.6 Å². The molecule has 0 aromatic heterocycles. The summed E-state index contributed by atoms with van der Waals surface area (Å²) in [4.78, 5) is 52.4. The Kier molecular flexibility index (Phi) is 6.60. The summed E-state index contributed by atoms with van der Waals surface area (Å²) in [5.74, 6) is -9.27. The number of phenolic OH excluding ortho intramolecular Hbond substituents is 1. The minimum Gasteiger partial charge on any atom is -0.508 e. The van der Waals surface area contributed by atoms with Gasteiger partial charge in [0.1, 0.15) is 22.8 Å². The number of hydrogen-bond acceptors (Lipinski definition) is 11. The van der Waals surface area contributed by atoms with Crippen LogP contribution in [0.1, 0.15) is 24.5 Å². The number of amides is 1. The van der Waals surface area contributed by atoms with Gasteiger partial charge in [0.15, 0.2) is 11.4 Å². The number of aliphatic hydroxyl groups excluding tert-OH is 2. The van der Waals surface area contributed by atoms with E-state index in [0.29, 0.717) is 0 Å². The van der Waals surface area contributed by atoms with E-state index in [1.165, 1.54) is 44.1 Å². The fourth-order valence-corrected chi connectivity index (χ4v) is 5.88. The van der Waals surface area contributed by atoms with Crippen molar-refractivity contribution < 1.29 is 49.8 Å². The lowest BCUT2D eigenvalue weighted by atomic mass is 9.54. The predicted octanol–water partition coefficient (Wildman–Crippen LogP) is -1.11. The Balaban J connectivity index is 1.87. The number of carbonyl (C=O) groups is 4. The van der Waals surface area contributed by atoms with Crippen LogP contribution >= 0.6 is 0 Å². The second kappa shape index (κ2) is 9.20. The molecule has 1 saturated carbocycles. The normalized spacial score (nSPS) is 30.6. The van der Waals surface area contributed by atoms with Crippen LogP contribution in [0.25, 0.3) is 5.76 Å². The van der Waals surface area contributed by atoms with Crippen LogP contribution in [-0.2, 0) is 24.8 Å². The minimum atomic E-state index is -2.83. The van der Waals surface area contributed by atoms with Gasteiger partial charge >= 0.3 is 5.97 Å². The van der Waals surface area contributed by atoms with Gasteiger partial charge < -0.3 is 36.0 Å². The van der Waals surface area contributed by atoms with E-state index in [1.54, 1.807) is 0 Å². The number of ketones is 2. The summed E-state index contributed by atoms with van der Waals surface area (Å²) in [6, 6.07) is 2.88. The number of benzene rings is 1. The Labute approximate surface area is 216 Å². The number of fused-ring (bicyclic) bond motifs is 3. The molecule has 13 heteroatoms. The summed E-state index contributed by atoms with van der Waals surface area (Å²) in [6.07, 6.45) is -0.253. The van der Waals surface area contributed by atoms with Gasteiger partial charge in [0, 0.05) is 17.4 Å². The monoisotopic (exact) mass is 531 g/mol. The van der Waals surface area contributed by atoms with Crippen LogP contribution in [-0.4, -0.2) is 97.9 Å². The quantitative estimate of drug-likeness (QED) is 0.125. The average Bonchev–Trinajstić information content (AvgIpc) is 2.82. The largest absolute Gasteiger partial charge is 0.508 e. The Morgan fingerprint density at radius 2 is 1.79 bits per heavy atom. The molecule has 0 radical (unpaired) electrons. The van der Waals surface area contributed by atoms with Gasteiger partial charge in [0.05, 0.1) is 30.4 Å². The summed E-state index contributed by atoms with van der Waals surface area (Å²) in [7, 11) is 2.96. The Morgan fingerprint density at radius 1 is 1.13 bits per heavy atom. The molecule has 0 bridgehead atoms. The van der Waals surface area contributed by atoms with Crippen molar-refractivity contribution in [2.24, 2.45) is 11.8 Å². The average molecular weight is 532 g/mol. The van der Waals surface area contributed by atoms with Crippen molar-refractivity contribution in [2.75, 3.05) is 27.3 Å². The minimum absolute atomic E-state index is 0.138. The maximum atomic E-state index is 13.9.